The Bertz CT molecular complexity index is 213. The van der Waals surface area contributed by atoms with Crippen LogP contribution in [-0.4, -0.2) is 37.4 Å². The summed E-state index contributed by atoms with van der Waals surface area (Å²) in [4.78, 5) is 0. The highest BCUT2D eigenvalue weighted by molar-refractivity contribution is 7.89. The summed E-state index contributed by atoms with van der Waals surface area (Å²) in [5.41, 5.74) is 0. The quantitative estimate of drug-likeness (QED) is 0.646. The molecule has 0 aliphatic rings. The summed E-state index contributed by atoms with van der Waals surface area (Å²) >= 11 is 5.67. The van der Waals surface area contributed by atoms with Gasteiger partial charge in [0.05, 0.1) is 5.75 Å². The average Bonchev–Trinajstić information content (AvgIpc) is 1.85. The van der Waals surface area contributed by atoms with Gasteiger partial charge >= 0.3 is 0 Å². The van der Waals surface area contributed by atoms with E-state index < -0.39 is 10.0 Å². The highest BCUT2D eigenvalue weighted by Gasteiger charge is 2.17. The van der Waals surface area contributed by atoms with Gasteiger partial charge in [0.15, 0.2) is 0 Å². The highest BCUT2D eigenvalue weighted by Crippen LogP contribution is 2.04. The average molecular weight is 214 g/mol. The molecule has 0 aromatic carbocycles. The van der Waals surface area contributed by atoms with Gasteiger partial charge < -0.3 is 0 Å². The molecule has 0 aliphatic heterocycles. The molecule has 0 rings (SSSR count). The normalized spacial score (nSPS) is 15.1. The molecule has 0 aromatic heterocycles. The number of rotatable bonds is 5. The molecule has 0 bridgehead atoms. The van der Waals surface area contributed by atoms with E-state index in [9.17, 15) is 8.42 Å². The van der Waals surface area contributed by atoms with E-state index in [-0.39, 0.29) is 11.1 Å². The number of hydrogen-bond donors (Lipinski definition) is 0. The van der Waals surface area contributed by atoms with Crippen molar-refractivity contribution in [1.82, 2.24) is 4.31 Å². The Hall–Kier alpha value is 0.200. The summed E-state index contributed by atoms with van der Waals surface area (Å²) in [6.45, 7) is 4.00. The third kappa shape index (κ3) is 4.28. The van der Waals surface area contributed by atoms with Crippen LogP contribution in [0.3, 0.4) is 0 Å². The summed E-state index contributed by atoms with van der Waals surface area (Å²) in [6, 6.07) is 0. The van der Waals surface area contributed by atoms with E-state index in [1.807, 2.05) is 6.92 Å². The molecule has 1 atom stereocenters. The number of halogens is 1. The Morgan fingerprint density at radius 3 is 2.33 bits per heavy atom. The topological polar surface area (TPSA) is 37.4 Å². The van der Waals surface area contributed by atoms with Gasteiger partial charge in [0, 0.05) is 19.0 Å². The monoisotopic (exact) mass is 213 g/mol. The largest absolute Gasteiger partial charge is 0.213 e. The number of alkyl halides is 1. The first-order valence-electron chi connectivity index (χ1n) is 3.98. The molecule has 12 heavy (non-hydrogen) atoms. The van der Waals surface area contributed by atoms with Crippen LogP contribution in [-0.2, 0) is 10.0 Å². The molecule has 0 amide bonds. The summed E-state index contributed by atoms with van der Waals surface area (Å²) in [6.07, 6.45) is 0.642. The Balaban J connectivity index is 4.16. The Labute approximate surface area is 79.8 Å². The van der Waals surface area contributed by atoms with Crippen LogP contribution in [0.15, 0.2) is 0 Å². The van der Waals surface area contributed by atoms with E-state index in [2.05, 4.69) is 0 Å². The molecule has 0 aliphatic carbocycles. The smallest absolute Gasteiger partial charge is 0.212 e. The van der Waals surface area contributed by atoms with Crippen LogP contribution < -0.4 is 0 Å². The zero-order chi connectivity index (χ0) is 9.78. The Morgan fingerprint density at radius 1 is 1.50 bits per heavy atom. The highest BCUT2D eigenvalue weighted by atomic mass is 35.5. The standard InChI is InChI=1S/C7H16ClNO2S/c1-4-5-12(10,11)9(3)6-7(2)8/h7H,4-6H2,1-3H3. The first-order chi connectivity index (χ1) is 5.40. The van der Waals surface area contributed by atoms with Crippen molar-refractivity contribution >= 4 is 21.6 Å². The van der Waals surface area contributed by atoms with E-state index in [1.54, 1.807) is 14.0 Å². The number of nitrogens with zero attached hydrogens (tertiary/aromatic N) is 1. The number of hydrogen-bond acceptors (Lipinski definition) is 2. The van der Waals surface area contributed by atoms with E-state index in [0.29, 0.717) is 13.0 Å². The SMILES string of the molecule is CCCS(=O)(=O)N(C)CC(C)Cl. The van der Waals surface area contributed by atoms with Crippen molar-refractivity contribution in [2.75, 3.05) is 19.3 Å². The molecule has 0 N–H and O–H groups in total. The van der Waals surface area contributed by atoms with Crippen LogP contribution in [0, 0.1) is 0 Å². The lowest BCUT2D eigenvalue weighted by Crippen LogP contribution is -2.33. The maximum atomic E-state index is 11.3. The number of sulfonamides is 1. The summed E-state index contributed by atoms with van der Waals surface area (Å²) in [7, 11) is -1.50. The predicted octanol–water partition coefficient (Wildman–Crippen LogP) is 1.29. The van der Waals surface area contributed by atoms with E-state index in [4.69, 9.17) is 11.6 Å². The van der Waals surface area contributed by atoms with Gasteiger partial charge in [-0.05, 0) is 13.3 Å². The molecule has 0 spiro atoms. The molecule has 0 heterocycles. The second-order valence-electron chi connectivity index (χ2n) is 2.88. The lowest BCUT2D eigenvalue weighted by atomic mass is 10.5. The molecule has 0 aromatic rings. The molecular weight excluding hydrogens is 198 g/mol. The van der Waals surface area contributed by atoms with E-state index in [0.717, 1.165) is 0 Å². The van der Waals surface area contributed by atoms with Crippen LogP contribution in [0.5, 0.6) is 0 Å². The molecular formula is C7H16ClNO2S. The van der Waals surface area contributed by atoms with Gasteiger partial charge in [0.25, 0.3) is 0 Å². The van der Waals surface area contributed by atoms with Gasteiger partial charge in [0.2, 0.25) is 10.0 Å². The van der Waals surface area contributed by atoms with Gasteiger partial charge in [-0.2, -0.15) is 0 Å². The summed E-state index contributed by atoms with van der Waals surface area (Å²) in [5.74, 6) is 0.201. The molecule has 0 saturated carbocycles. The Morgan fingerprint density at radius 2 is 2.00 bits per heavy atom. The van der Waals surface area contributed by atoms with E-state index >= 15 is 0 Å². The van der Waals surface area contributed by atoms with E-state index in [1.165, 1.54) is 4.31 Å². The molecule has 3 nitrogen and oxygen atoms in total. The van der Waals surface area contributed by atoms with Crippen molar-refractivity contribution in [3.8, 4) is 0 Å². The van der Waals surface area contributed by atoms with Crippen molar-refractivity contribution in [3.05, 3.63) is 0 Å². The lowest BCUT2D eigenvalue weighted by molar-refractivity contribution is 0.470. The fraction of sp³-hybridized carbons (Fsp3) is 1.00. The summed E-state index contributed by atoms with van der Waals surface area (Å²) < 4.78 is 24.0. The van der Waals surface area contributed by atoms with Gasteiger partial charge in [-0.15, -0.1) is 11.6 Å². The van der Waals surface area contributed by atoms with Crippen LogP contribution in [0.2, 0.25) is 0 Å². The van der Waals surface area contributed by atoms with Gasteiger partial charge in [-0.3, -0.25) is 0 Å². The third-order valence-electron chi connectivity index (χ3n) is 1.45. The first kappa shape index (κ1) is 12.2. The van der Waals surface area contributed by atoms with Crippen LogP contribution >= 0.6 is 11.6 Å². The molecule has 74 valence electrons. The zero-order valence-electron chi connectivity index (χ0n) is 7.75. The predicted molar refractivity (Wildman–Crippen MR) is 52.0 cm³/mol. The van der Waals surface area contributed by atoms with Crippen LogP contribution in [0.25, 0.3) is 0 Å². The maximum absolute atomic E-state index is 11.3. The fourth-order valence-electron chi connectivity index (χ4n) is 0.882. The van der Waals surface area contributed by atoms with Crippen molar-refractivity contribution < 1.29 is 8.42 Å². The van der Waals surface area contributed by atoms with Crippen LogP contribution in [0.1, 0.15) is 20.3 Å². The maximum Gasteiger partial charge on any atom is 0.213 e. The molecule has 0 saturated heterocycles. The minimum absolute atomic E-state index is 0.137. The lowest BCUT2D eigenvalue weighted by Gasteiger charge is -2.17. The fourth-order valence-corrected chi connectivity index (χ4v) is 2.45. The zero-order valence-corrected chi connectivity index (χ0v) is 9.32. The van der Waals surface area contributed by atoms with Gasteiger partial charge in [-0.1, -0.05) is 6.92 Å². The van der Waals surface area contributed by atoms with Crippen molar-refractivity contribution in [2.45, 2.75) is 25.6 Å². The van der Waals surface area contributed by atoms with Crippen molar-refractivity contribution in [2.24, 2.45) is 0 Å². The molecule has 0 fully saturated rings. The molecule has 0 radical (unpaired) electrons. The van der Waals surface area contributed by atoms with Crippen molar-refractivity contribution in [3.63, 3.8) is 0 Å². The Kier molecular flexibility index (Phi) is 5.13. The van der Waals surface area contributed by atoms with Crippen molar-refractivity contribution in [1.29, 1.82) is 0 Å². The first-order valence-corrected chi connectivity index (χ1v) is 6.02. The molecule has 5 heteroatoms. The molecule has 1 unspecified atom stereocenters. The third-order valence-corrected chi connectivity index (χ3v) is 3.61. The minimum Gasteiger partial charge on any atom is -0.212 e. The van der Waals surface area contributed by atoms with Gasteiger partial charge in [-0.25, -0.2) is 12.7 Å². The van der Waals surface area contributed by atoms with Gasteiger partial charge in [0.1, 0.15) is 0 Å². The minimum atomic E-state index is -3.06. The second kappa shape index (κ2) is 5.04. The summed E-state index contributed by atoms with van der Waals surface area (Å²) in [5, 5.41) is -0.137. The van der Waals surface area contributed by atoms with Crippen LogP contribution in [0.4, 0.5) is 0 Å². The second-order valence-corrected chi connectivity index (χ2v) is 5.82.